The van der Waals surface area contributed by atoms with Gasteiger partial charge in [-0.15, -0.1) is 0 Å². The molecule has 0 radical (unpaired) electrons. The molecular weight excluding hydrogens is 284 g/mol. The Labute approximate surface area is 142 Å². The monoisotopic (exact) mass is 320 g/mol. The molecule has 5 atom stereocenters. The summed E-state index contributed by atoms with van der Waals surface area (Å²) in [5, 5.41) is 0. The lowest BCUT2D eigenvalue weighted by atomic mass is 9.64. The Morgan fingerprint density at radius 1 is 1.13 bits per heavy atom. The number of hydrogen-bond donors (Lipinski definition) is 0. The average Bonchev–Trinajstić information content (AvgIpc) is 2.89. The van der Waals surface area contributed by atoms with E-state index < -0.39 is 0 Å². The minimum absolute atomic E-state index is 0.000595. The number of carbonyl (C=O) groups is 1. The van der Waals surface area contributed by atoms with Crippen LogP contribution in [0.1, 0.15) is 87.0 Å². The molecule has 3 aliphatic rings. The SMILES string of the molecule is CCC(C)(C)C(=O)O[C@]1(C)CCC23C[C@@H]1C(C)(C)C2CC[C@H]3C. The molecule has 2 heteroatoms. The van der Waals surface area contributed by atoms with E-state index in [1.807, 2.05) is 13.8 Å². The lowest BCUT2D eigenvalue weighted by molar-refractivity contribution is -0.184. The Hall–Kier alpha value is -0.530. The van der Waals surface area contributed by atoms with Crippen LogP contribution in [0.5, 0.6) is 0 Å². The van der Waals surface area contributed by atoms with Gasteiger partial charge < -0.3 is 4.74 Å². The molecule has 0 aliphatic heterocycles. The summed E-state index contributed by atoms with van der Waals surface area (Å²) in [5.74, 6) is 2.16. The number of esters is 1. The molecule has 3 aliphatic carbocycles. The van der Waals surface area contributed by atoms with E-state index in [0.717, 1.165) is 24.7 Å². The van der Waals surface area contributed by atoms with Gasteiger partial charge in [-0.1, -0.05) is 27.7 Å². The molecule has 23 heavy (non-hydrogen) atoms. The Morgan fingerprint density at radius 2 is 1.78 bits per heavy atom. The van der Waals surface area contributed by atoms with Crippen LogP contribution in [-0.4, -0.2) is 11.6 Å². The van der Waals surface area contributed by atoms with Gasteiger partial charge in [0.25, 0.3) is 0 Å². The van der Waals surface area contributed by atoms with Crippen molar-refractivity contribution >= 4 is 5.97 Å². The van der Waals surface area contributed by atoms with E-state index in [1.165, 1.54) is 25.7 Å². The van der Waals surface area contributed by atoms with E-state index >= 15 is 0 Å². The predicted octanol–water partition coefficient (Wildman–Crippen LogP) is 5.60. The van der Waals surface area contributed by atoms with Crippen LogP contribution in [0.15, 0.2) is 0 Å². The minimum Gasteiger partial charge on any atom is -0.459 e. The zero-order valence-electron chi connectivity index (χ0n) is 16.3. The first kappa shape index (κ1) is 17.3. The molecule has 132 valence electrons. The third-order valence-corrected chi connectivity index (χ3v) is 8.53. The first-order chi connectivity index (χ1) is 10.5. The van der Waals surface area contributed by atoms with Crippen molar-refractivity contribution in [2.75, 3.05) is 0 Å². The van der Waals surface area contributed by atoms with Gasteiger partial charge in [0.15, 0.2) is 0 Å². The van der Waals surface area contributed by atoms with Crippen LogP contribution in [-0.2, 0) is 9.53 Å². The molecule has 0 aromatic rings. The molecule has 2 nitrogen and oxygen atoms in total. The third kappa shape index (κ3) is 2.23. The Morgan fingerprint density at radius 3 is 2.39 bits per heavy atom. The van der Waals surface area contributed by atoms with E-state index in [2.05, 4.69) is 34.6 Å². The van der Waals surface area contributed by atoms with Crippen molar-refractivity contribution in [2.45, 2.75) is 92.6 Å². The summed E-state index contributed by atoms with van der Waals surface area (Å²) < 4.78 is 6.26. The predicted molar refractivity (Wildman–Crippen MR) is 94.0 cm³/mol. The highest BCUT2D eigenvalue weighted by Crippen LogP contribution is 2.73. The molecule has 0 amide bonds. The van der Waals surface area contributed by atoms with Gasteiger partial charge >= 0.3 is 5.97 Å². The van der Waals surface area contributed by atoms with Gasteiger partial charge in [0.2, 0.25) is 0 Å². The third-order valence-electron chi connectivity index (χ3n) is 8.53. The second-order valence-electron chi connectivity index (χ2n) is 10.3. The molecular formula is C21H36O2. The van der Waals surface area contributed by atoms with Crippen molar-refractivity contribution in [2.24, 2.45) is 34.0 Å². The summed E-state index contributed by atoms with van der Waals surface area (Å²) in [6, 6.07) is 0. The van der Waals surface area contributed by atoms with Gasteiger partial charge in [-0.2, -0.15) is 0 Å². The molecule has 2 bridgehead atoms. The number of fused-ring (bicyclic) bond motifs is 1. The minimum atomic E-state index is -0.371. The molecule has 2 unspecified atom stereocenters. The second-order valence-corrected chi connectivity index (χ2v) is 10.3. The fourth-order valence-corrected chi connectivity index (χ4v) is 6.47. The standard InChI is InChI=1S/C21H36O2/c1-8-18(3,4)17(22)23-20(7)11-12-21-13-16(20)19(5,6)15(21)10-9-14(21)2/h14-16H,8-13H2,1-7H3/t14-,15?,16-,20-,21?/m1/s1. The van der Waals surface area contributed by atoms with Gasteiger partial charge in [-0.25, -0.2) is 0 Å². The Kier molecular flexibility index (Phi) is 3.75. The van der Waals surface area contributed by atoms with Gasteiger partial charge in [0.05, 0.1) is 5.41 Å². The summed E-state index contributed by atoms with van der Waals surface area (Å²) in [6.45, 7) is 15.7. The summed E-state index contributed by atoms with van der Waals surface area (Å²) in [4.78, 5) is 12.7. The maximum absolute atomic E-state index is 12.7. The van der Waals surface area contributed by atoms with Crippen molar-refractivity contribution in [3.8, 4) is 0 Å². The highest BCUT2D eigenvalue weighted by molar-refractivity contribution is 5.76. The molecule has 3 fully saturated rings. The van der Waals surface area contributed by atoms with Crippen LogP contribution >= 0.6 is 0 Å². The van der Waals surface area contributed by atoms with Gasteiger partial charge in [-0.05, 0) is 82.0 Å². The van der Waals surface area contributed by atoms with Crippen LogP contribution in [0.4, 0.5) is 0 Å². The van der Waals surface area contributed by atoms with Crippen LogP contribution in [0.2, 0.25) is 0 Å². The topological polar surface area (TPSA) is 26.3 Å². The Bertz CT molecular complexity index is 506. The van der Waals surface area contributed by atoms with Gasteiger partial charge in [0, 0.05) is 5.92 Å². The van der Waals surface area contributed by atoms with Crippen LogP contribution in [0.3, 0.4) is 0 Å². The van der Waals surface area contributed by atoms with Crippen LogP contribution < -0.4 is 0 Å². The lowest BCUT2D eigenvalue weighted by Crippen LogP contribution is -2.49. The molecule has 1 spiro atoms. The number of carbonyl (C=O) groups excluding carboxylic acids is 1. The largest absolute Gasteiger partial charge is 0.459 e. The van der Waals surface area contributed by atoms with Crippen LogP contribution in [0, 0.1) is 34.0 Å². The quantitative estimate of drug-likeness (QED) is 0.633. The second kappa shape index (κ2) is 4.99. The fourth-order valence-electron chi connectivity index (χ4n) is 6.47. The van der Waals surface area contributed by atoms with Gasteiger partial charge in [0.1, 0.15) is 5.60 Å². The maximum atomic E-state index is 12.7. The molecule has 3 rings (SSSR count). The lowest BCUT2D eigenvalue weighted by Gasteiger charge is -2.47. The molecule has 0 aromatic heterocycles. The molecule has 0 heterocycles. The average molecular weight is 321 g/mol. The van der Waals surface area contributed by atoms with Crippen molar-refractivity contribution in [1.82, 2.24) is 0 Å². The summed E-state index contributed by atoms with van der Waals surface area (Å²) in [5.41, 5.74) is 0.166. The summed E-state index contributed by atoms with van der Waals surface area (Å²) >= 11 is 0. The first-order valence-electron chi connectivity index (χ1n) is 9.73. The number of ether oxygens (including phenoxy) is 1. The van der Waals surface area contributed by atoms with E-state index in [9.17, 15) is 4.79 Å². The smallest absolute Gasteiger partial charge is 0.312 e. The molecule has 0 saturated heterocycles. The summed E-state index contributed by atoms with van der Waals surface area (Å²) in [6.07, 6.45) is 7.15. The van der Waals surface area contributed by atoms with Crippen LogP contribution in [0.25, 0.3) is 0 Å². The van der Waals surface area contributed by atoms with E-state index in [0.29, 0.717) is 11.3 Å². The number of hydrogen-bond acceptors (Lipinski definition) is 2. The first-order valence-corrected chi connectivity index (χ1v) is 9.73. The van der Waals surface area contributed by atoms with E-state index in [4.69, 9.17) is 4.74 Å². The van der Waals surface area contributed by atoms with Crippen molar-refractivity contribution < 1.29 is 9.53 Å². The van der Waals surface area contributed by atoms with E-state index in [-0.39, 0.29) is 22.4 Å². The Balaban J connectivity index is 1.89. The zero-order chi connectivity index (χ0) is 17.3. The zero-order valence-corrected chi connectivity index (χ0v) is 16.3. The van der Waals surface area contributed by atoms with Crippen molar-refractivity contribution in [3.63, 3.8) is 0 Å². The maximum Gasteiger partial charge on any atom is 0.312 e. The summed E-state index contributed by atoms with van der Waals surface area (Å²) in [7, 11) is 0. The van der Waals surface area contributed by atoms with Crippen molar-refractivity contribution in [1.29, 1.82) is 0 Å². The number of rotatable bonds is 3. The fraction of sp³-hybridized carbons (Fsp3) is 0.952. The molecule has 3 saturated carbocycles. The van der Waals surface area contributed by atoms with E-state index in [1.54, 1.807) is 0 Å². The normalized spacial score (nSPS) is 44.9. The highest BCUT2D eigenvalue weighted by atomic mass is 16.6. The van der Waals surface area contributed by atoms with Gasteiger partial charge in [-0.3, -0.25) is 4.79 Å². The molecule has 0 aromatic carbocycles. The van der Waals surface area contributed by atoms with Crippen molar-refractivity contribution in [3.05, 3.63) is 0 Å². The molecule has 0 N–H and O–H groups in total. The highest BCUT2D eigenvalue weighted by Gasteiger charge is 2.69.